The zero-order valence-electron chi connectivity index (χ0n) is 7.81. The molecule has 0 radical (unpaired) electrons. The van der Waals surface area contributed by atoms with E-state index in [-0.39, 0.29) is 5.84 Å². The second kappa shape index (κ2) is 3.45. The van der Waals surface area contributed by atoms with Gasteiger partial charge in [-0.2, -0.15) is 0 Å². The van der Waals surface area contributed by atoms with E-state index in [0.717, 1.165) is 16.7 Å². The van der Waals surface area contributed by atoms with Crippen molar-refractivity contribution in [3.05, 3.63) is 35.4 Å². The molecular weight excluding hydrogens is 194 g/mol. The number of carbonyl (C=O) groups excluding carboxylic acids is 1. The number of benzene rings is 1. The van der Waals surface area contributed by atoms with Crippen LogP contribution >= 0.6 is 0 Å². The van der Waals surface area contributed by atoms with Gasteiger partial charge in [-0.3, -0.25) is 4.84 Å². The highest BCUT2D eigenvalue weighted by Gasteiger charge is 2.18. The molecule has 0 fully saturated rings. The highest BCUT2D eigenvalue weighted by Crippen LogP contribution is 2.31. The predicted molar refractivity (Wildman–Crippen MR) is 56.6 cm³/mol. The molecule has 0 unspecified atom stereocenters. The summed E-state index contributed by atoms with van der Waals surface area (Å²) in [7, 11) is 0. The number of rotatable bonds is 2. The lowest BCUT2D eigenvalue weighted by Crippen LogP contribution is -2.20. The summed E-state index contributed by atoms with van der Waals surface area (Å²) in [6.45, 7) is 0. The fraction of sp³-hybridized carbons (Fsp3) is 0. The van der Waals surface area contributed by atoms with Crippen LogP contribution in [0.5, 0.6) is 0 Å². The molecule has 0 atom stereocenters. The number of oxime groups is 1. The molecule has 1 aromatic carbocycles. The summed E-state index contributed by atoms with van der Waals surface area (Å²) in [6, 6.07) is 7.70. The first kappa shape index (κ1) is 9.26. The van der Waals surface area contributed by atoms with Crippen molar-refractivity contribution < 1.29 is 9.63 Å². The van der Waals surface area contributed by atoms with Gasteiger partial charge in [0.05, 0.1) is 0 Å². The summed E-state index contributed by atoms with van der Waals surface area (Å²) in [5, 5.41) is 3.40. The van der Waals surface area contributed by atoms with E-state index in [1.54, 1.807) is 0 Å². The Labute approximate surface area is 86.0 Å². The molecule has 4 N–H and O–H groups in total. The highest BCUT2D eigenvalue weighted by molar-refractivity contribution is 6.31. The molecule has 0 aromatic heterocycles. The van der Waals surface area contributed by atoms with Crippen LogP contribution in [0, 0.1) is 0 Å². The Balaban J connectivity index is 2.16. The van der Waals surface area contributed by atoms with Gasteiger partial charge in [0.15, 0.2) is 5.84 Å². The molecular formula is C10H9N3O2. The lowest BCUT2D eigenvalue weighted by atomic mass is 9.88. The Morgan fingerprint density at radius 2 is 2.00 bits per heavy atom. The fourth-order valence-electron chi connectivity index (χ4n) is 1.38. The quantitative estimate of drug-likeness (QED) is 0.324. The number of amides is 1. The van der Waals surface area contributed by atoms with Gasteiger partial charge in [-0.05, 0) is 17.2 Å². The minimum Gasteiger partial charge on any atom is -0.380 e. The number of hydrogen-bond acceptors (Lipinski definition) is 3. The molecule has 1 amide bonds. The van der Waals surface area contributed by atoms with Crippen molar-refractivity contribution >= 4 is 23.6 Å². The van der Waals surface area contributed by atoms with Gasteiger partial charge in [0, 0.05) is 5.57 Å². The van der Waals surface area contributed by atoms with Crippen LogP contribution in [0.2, 0.25) is 0 Å². The van der Waals surface area contributed by atoms with Gasteiger partial charge in [0.25, 0.3) is 0 Å². The van der Waals surface area contributed by atoms with E-state index >= 15 is 0 Å². The molecule has 0 spiro atoms. The topological polar surface area (TPSA) is 90.7 Å². The fourth-order valence-corrected chi connectivity index (χ4v) is 1.38. The van der Waals surface area contributed by atoms with Crippen molar-refractivity contribution in [3.8, 4) is 0 Å². The average Bonchev–Trinajstić information content (AvgIpc) is 2.17. The zero-order chi connectivity index (χ0) is 10.8. The monoisotopic (exact) mass is 203 g/mol. The molecule has 0 aliphatic heterocycles. The maximum Gasteiger partial charge on any atom is 0.430 e. The van der Waals surface area contributed by atoms with Crippen molar-refractivity contribution in [1.29, 1.82) is 0 Å². The molecule has 5 heteroatoms. The van der Waals surface area contributed by atoms with Crippen LogP contribution in [0.25, 0.3) is 11.6 Å². The number of fused-ring (bicyclic) bond motifs is 1. The van der Waals surface area contributed by atoms with Crippen LogP contribution in [0.15, 0.2) is 29.4 Å². The van der Waals surface area contributed by atoms with Crippen molar-refractivity contribution in [2.75, 3.05) is 0 Å². The normalized spacial score (nSPS) is 13.6. The van der Waals surface area contributed by atoms with E-state index < -0.39 is 6.09 Å². The molecule has 0 bridgehead atoms. The molecule has 0 saturated heterocycles. The maximum atomic E-state index is 10.3. The number of hydrogen-bond donors (Lipinski definition) is 2. The minimum atomic E-state index is -0.980. The summed E-state index contributed by atoms with van der Waals surface area (Å²) in [5.74, 6) is 0.146. The van der Waals surface area contributed by atoms with Crippen LogP contribution in [0.1, 0.15) is 11.1 Å². The number of nitrogens with two attached hydrogens (primary N) is 2. The molecule has 1 aliphatic rings. The van der Waals surface area contributed by atoms with Crippen molar-refractivity contribution in [2.45, 2.75) is 0 Å². The van der Waals surface area contributed by atoms with Crippen molar-refractivity contribution in [2.24, 2.45) is 16.6 Å². The van der Waals surface area contributed by atoms with Crippen LogP contribution in [-0.2, 0) is 4.84 Å². The summed E-state index contributed by atoms with van der Waals surface area (Å²) >= 11 is 0. The molecule has 2 rings (SSSR count). The molecule has 0 saturated carbocycles. The van der Waals surface area contributed by atoms with Gasteiger partial charge < -0.3 is 11.5 Å². The van der Waals surface area contributed by atoms with Gasteiger partial charge in [0.2, 0.25) is 0 Å². The molecule has 1 aromatic rings. The van der Waals surface area contributed by atoms with Crippen LogP contribution in [0.3, 0.4) is 0 Å². The van der Waals surface area contributed by atoms with Crippen LogP contribution < -0.4 is 11.5 Å². The Morgan fingerprint density at radius 3 is 2.67 bits per heavy atom. The molecule has 5 nitrogen and oxygen atoms in total. The number of nitrogens with zero attached hydrogens (tertiary/aromatic N) is 1. The Bertz CT molecular complexity index is 477. The zero-order valence-corrected chi connectivity index (χ0v) is 7.81. The van der Waals surface area contributed by atoms with E-state index in [0.29, 0.717) is 0 Å². The third-order valence-corrected chi connectivity index (χ3v) is 2.06. The van der Waals surface area contributed by atoms with E-state index in [1.165, 1.54) is 0 Å². The first-order valence-electron chi connectivity index (χ1n) is 4.30. The average molecular weight is 203 g/mol. The van der Waals surface area contributed by atoms with Gasteiger partial charge in [-0.15, -0.1) is 0 Å². The summed E-state index contributed by atoms with van der Waals surface area (Å²) < 4.78 is 0. The molecule has 15 heavy (non-hydrogen) atoms. The second-order valence-electron chi connectivity index (χ2n) is 3.03. The van der Waals surface area contributed by atoms with Gasteiger partial charge in [-0.1, -0.05) is 29.4 Å². The van der Waals surface area contributed by atoms with E-state index in [4.69, 9.17) is 11.5 Å². The summed E-state index contributed by atoms with van der Waals surface area (Å²) in [6.07, 6.45) is 0.879. The summed E-state index contributed by atoms with van der Waals surface area (Å²) in [4.78, 5) is 14.5. The molecule has 0 heterocycles. The lowest BCUT2D eigenvalue weighted by molar-refractivity contribution is 0.161. The first-order chi connectivity index (χ1) is 7.18. The first-order valence-corrected chi connectivity index (χ1v) is 4.30. The predicted octanol–water partition coefficient (Wildman–Crippen LogP) is 0.908. The Kier molecular flexibility index (Phi) is 2.13. The number of primary amides is 1. The van der Waals surface area contributed by atoms with Gasteiger partial charge >= 0.3 is 6.09 Å². The van der Waals surface area contributed by atoms with E-state index in [2.05, 4.69) is 9.99 Å². The highest BCUT2D eigenvalue weighted by atomic mass is 16.7. The molecule has 1 aliphatic carbocycles. The van der Waals surface area contributed by atoms with Crippen LogP contribution in [-0.4, -0.2) is 11.9 Å². The van der Waals surface area contributed by atoms with Crippen molar-refractivity contribution in [3.63, 3.8) is 0 Å². The Hall–Kier alpha value is -2.30. The second-order valence-corrected chi connectivity index (χ2v) is 3.03. The third kappa shape index (κ3) is 1.67. The maximum absolute atomic E-state index is 10.3. The largest absolute Gasteiger partial charge is 0.430 e. The van der Waals surface area contributed by atoms with Gasteiger partial charge in [-0.25, -0.2) is 4.79 Å². The minimum absolute atomic E-state index is 0.146. The standard InChI is InChI=1S/C10H9N3O2/c11-9(13-15-10(12)14)8-5-6-3-1-2-4-7(6)8/h1-5H,(H2,11,13)(H2,12,14). The number of amidine groups is 1. The van der Waals surface area contributed by atoms with Crippen molar-refractivity contribution in [1.82, 2.24) is 0 Å². The van der Waals surface area contributed by atoms with E-state index in [9.17, 15) is 4.79 Å². The smallest absolute Gasteiger partial charge is 0.380 e. The lowest BCUT2D eigenvalue weighted by Gasteiger charge is -2.18. The Morgan fingerprint density at radius 1 is 1.27 bits per heavy atom. The van der Waals surface area contributed by atoms with Gasteiger partial charge in [0.1, 0.15) is 0 Å². The molecule has 76 valence electrons. The third-order valence-electron chi connectivity index (χ3n) is 2.06. The number of carbonyl (C=O) groups is 1. The SMILES string of the molecule is NC(=O)ON=C(N)C1=Cc2ccccc21. The van der Waals surface area contributed by atoms with Crippen LogP contribution in [0.4, 0.5) is 4.79 Å². The summed E-state index contributed by atoms with van der Waals surface area (Å²) in [5.41, 5.74) is 13.2. The van der Waals surface area contributed by atoms with E-state index in [1.807, 2.05) is 30.3 Å².